The number of hydrogen-bond donors (Lipinski definition) is 2. The lowest BCUT2D eigenvalue weighted by molar-refractivity contribution is 0.256. The Kier molecular flexibility index (Phi) is 7.85. The summed E-state index contributed by atoms with van der Waals surface area (Å²) in [4.78, 5) is 7.53. The van der Waals surface area contributed by atoms with Crippen LogP contribution in [0.3, 0.4) is 0 Å². The predicted octanol–water partition coefficient (Wildman–Crippen LogP) is 3.77. The molecule has 3 aliphatic rings. The van der Waals surface area contributed by atoms with Crippen molar-refractivity contribution in [1.82, 2.24) is 15.5 Å². The third kappa shape index (κ3) is 5.99. The minimum absolute atomic E-state index is 0. The van der Waals surface area contributed by atoms with E-state index in [0.717, 1.165) is 48.9 Å². The molecule has 2 unspecified atom stereocenters. The van der Waals surface area contributed by atoms with Gasteiger partial charge in [0.05, 0.1) is 13.2 Å². The zero-order chi connectivity index (χ0) is 18.6. The van der Waals surface area contributed by atoms with Crippen LogP contribution in [0, 0.1) is 5.92 Å². The Bertz CT molecular complexity index is 660. The lowest BCUT2D eigenvalue weighted by atomic mass is 10.2. The molecule has 0 radical (unpaired) electrons. The maximum absolute atomic E-state index is 6.03. The molecule has 1 saturated heterocycles. The van der Waals surface area contributed by atoms with Crippen LogP contribution < -0.4 is 15.4 Å². The average Bonchev–Trinajstić information content (AvgIpc) is 3.58. The highest BCUT2D eigenvalue weighted by Crippen LogP contribution is 2.33. The molecule has 2 saturated carbocycles. The number of para-hydroxylation sites is 1. The fourth-order valence-corrected chi connectivity index (χ4v) is 4.02. The molecule has 2 N–H and O–H groups in total. The molecule has 1 aliphatic heterocycles. The van der Waals surface area contributed by atoms with Crippen LogP contribution in [0.25, 0.3) is 0 Å². The van der Waals surface area contributed by atoms with Gasteiger partial charge >= 0.3 is 0 Å². The highest BCUT2D eigenvalue weighted by molar-refractivity contribution is 14.0. The van der Waals surface area contributed by atoms with E-state index in [9.17, 15) is 0 Å². The first-order valence-electron chi connectivity index (χ1n) is 10.7. The van der Waals surface area contributed by atoms with Crippen LogP contribution in [0.5, 0.6) is 5.75 Å². The summed E-state index contributed by atoms with van der Waals surface area (Å²) in [5.41, 5.74) is 1.16. The van der Waals surface area contributed by atoms with Crippen molar-refractivity contribution in [3.05, 3.63) is 29.8 Å². The smallest absolute Gasteiger partial charge is 0.191 e. The molecule has 2 aliphatic carbocycles. The van der Waals surface area contributed by atoms with Gasteiger partial charge in [-0.05, 0) is 57.9 Å². The molecule has 2 atom stereocenters. The summed E-state index contributed by atoms with van der Waals surface area (Å²) in [6.07, 6.45) is 6.58. The lowest BCUT2D eigenvalue weighted by Gasteiger charge is -2.20. The fraction of sp³-hybridized carbons (Fsp3) is 0.682. The lowest BCUT2D eigenvalue weighted by Crippen LogP contribution is -2.44. The molecule has 28 heavy (non-hydrogen) atoms. The van der Waals surface area contributed by atoms with Crippen molar-refractivity contribution in [3.63, 3.8) is 0 Å². The summed E-state index contributed by atoms with van der Waals surface area (Å²) in [5.74, 6) is 2.67. The number of hydrogen-bond acceptors (Lipinski definition) is 3. The highest BCUT2D eigenvalue weighted by atomic mass is 127. The number of rotatable bonds is 8. The van der Waals surface area contributed by atoms with E-state index >= 15 is 0 Å². The van der Waals surface area contributed by atoms with Crippen LogP contribution in [0.4, 0.5) is 0 Å². The average molecular weight is 498 g/mol. The van der Waals surface area contributed by atoms with E-state index in [1.807, 2.05) is 6.07 Å². The molecule has 0 bridgehead atoms. The van der Waals surface area contributed by atoms with Gasteiger partial charge in [-0.1, -0.05) is 18.2 Å². The summed E-state index contributed by atoms with van der Waals surface area (Å²) < 4.78 is 6.03. The van der Waals surface area contributed by atoms with Gasteiger partial charge in [-0.2, -0.15) is 0 Å². The van der Waals surface area contributed by atoms with E-state index in [1.54, 1.807) is 0 Å². The summed E-state index contributed by atoms with van der Waals surface area (Å²) in [6, 6.07) is 10.3. The van der Waals surface area contributed by atoms with Gasteiger partial charge < -0.3 is 15.4 Å². The number of nitrogens with one attached hydrogen (secondary N) is 2. The van der Waals surface area contributed by atoms with Crippen molar-refractivity contribution in [1.29, 1.82) is 0 Å². The molecule has 0 spiro atoms. The fourth-order valence-electron chi connectivity index (χ4n) is 4.02. The van der Waals surface area contributed by atoms with Gasteiger partial charge in [0.1, 0.15) is 5.75 Å². The second-order valence-corrected chi connectivity index (χ2v) is 8.41. The van der Waals surface area contributed by atoms with Crippen molar-refractivity contribution >= 4 is 29.9 Å². The number of benzene rings is 1. The van der Waals surface area contributed by atoms with E-state index in [-0.39, 0.29) is 24.0 Å². The quantitative estimate of drug-likeness (QED) is 0.326. The number of guanidine groups is 1. The van der Waals surface area contributed by atoms with Gasteiger partial charge in [-0.15, -0.1) is 24.0 Å². The first-order chi connectivity index (χ1) is 13.2. The molecule has 4 rings (SSSR count). The number of likely N-dealkylation sites (tertiary alicyclic amines) is 1. The van der Waals surface area contributed by atoms with Crippen LogP contribution >= 0.6 is 24.0 Å². The Balaban J connectivity index is 0.00000225. The monoisotopic (exact) mass is 498 g/mol. The molecular weight excluding hydrogens is 463 g/mol. The summed E-state index contributed by atoms with van der Waals surface area (Å²) in [7, 11) is 0. The number of ether oxygens (including phenoxy) is 1. The molecule has 1 heterocycles. The van der Waals surface area contributed by atoms with E-state index < -0.39 is 0 Å². The SMILES string of the molecule is CCNC(=NCc1ccccc1OCC1CC1)NC1CC(C)N(C2CC2)C1.I. The number of aliphatic imine (C=N–C) groups is 1. The van der Waals surface area contributed by atoms with Crippen molar-refractivity contribution in [2.45, 2.75) is 70.6 Å². The second-order valence-electron chi connectivity index (χ2n) is 8.41. The van der Waals surface area contributed by atoms with E-state index in [1.165, 1.54) is 32.1 Å². The van der Waals surface area contributed by atoms with E-state index in [4.69, 9.17) is 9.73 Å². The Morgan fingerprint density at radius 1 is 1.21 bits per heavy atom. The van der Waals surface area contributed by atoms with Crippen LogP contribution in [0.15, 0.2) is 29.3 Å². The number of halogens is 1. The zero-order valence-electron chi connectivity index (χ0n) is 17.2. The predicted molar refractivity (Wildman–Crippen MR) is 126 cm³/mol. The molecule has 0 amide bonds. The largest absolute Gasteiger partial charge is 0.493 e. The summed E-state index contributed by atoms with van der Waals surface area (Å²) in [6.45, 7) is 7.98. The van der Waals surface area contributed by atoms with Crippen molar-refractivity contribution < 1.29 is 4.74 Å². The molecule has 0 aromatic heterocycles. The van der Waals surface area contributed by atoms with E-state index in [0.29, 0.717) is 18.6 Å². The third-order valence-electron chi connectivity index (χ3n) is 5.88. The van der Waals surface area contributed by atoms with Crippen LogP contribution in [0.2, 0.25) is 0 Å². The van der Waals surface area contributed by atoms with Gasteiger partial charge in [0.25, 0.3) is 0 Å². The molecule has 156 valence electrons. The van der Waals surface area contributed by atoms with Crippen molar-refractivity contribution in [2.24, 2.45) is 10.9 Å². The topological polar surface area (TPSA) is 48.9 Å². The van der Waals surface area contributed by atoms with Gasteiger partial charge in [0.2, 0.25) is 0 Å². The second kappa shape index (κ2) is 10.1. The van der Waals surface area contributed by atoms with Crippen LogP contribution in [-0.4, -0.2) is 48.7 Å². The van der Waals surface area contributed by atoms with Crippen LogP contribution in [0.1, 0.15) is 51.5 Å². The Morgan fingerprint density at radius 3 is 2.71 bits per heavy atom. The molecule has 3 fully saturated rings. The maximum atomic E-state index is 6.03. The molecule has 6 heteroatoms. The first kappa shape index (κ1) is 21.7. The Hall–Kier alpha value is -1.02. The van der Waals surface area contributed by atoms with Gasteiger partial charge in [0.15, 0.2) is 5.96 Å². The van der Waals surface area contributed by atoms with Gasteiger partial charge in [0, 0.05) is 36.8 Å². The summed E-state index contributed by atoms with van der Waals surface area (Å²) >= 11 is 0. The molecule has 1 aromatic rings. The summed E-state index contributed by atoms with van der Waals surface area (Å²) in [5, 5.41) is 7.08. The minimum Gasteiger partial charge on any atom is -0.493 e. The van der Waals surface area contributed by atoms with Gasteiger partial charge in [-0.3, -0.25) is 4.90 Å². The molecular formula is C22H35IN4O. The molecule has 5 nitrogen and oxygen atoms in total. The first-order valence-corrected chi connectivity index (χ1v) is 10.7. The minimum atomic E-state index is 0. The standard InChI is InChI=1S/C22H34N4O.HI/c1-3-23-22(25-19-12-16(2)26(14-19)20-10-11-20)24-13-18-6-4-5-7-21(18)27-15-17-8-9-17;/h4-7,16-17,19-20H,3,8-15H2,1-2H3,(H2,23,24,25);1H. The Morgan fingerprint density at radius 2 is 2.00 bits per heavy atom. The van der Waals surface area contributed by atoms with Crippen LogP contribution in [-0.2, 0) is 6.54 Å². The Labute approximate surface area is 186 Å². The van der Waals surface area contributed by atoms with Crippen molar-refractivity contribution in [3.8, 4) is 5.75 Å². The van der Waals surface area contributed by atoms with Gasteiger partial charge in [-0.25, -0.2) is 4.99 Å². The number of nitrogens with zero attached hydrogens (tertiary/aromatic N) is 2. The maximum Gasteiger partial charge on any atom is 0.191 e. The molecule has 1 aromatic carbocycles. The highest BCUT2D eigenvalue weighted by Gasteiger charge is 2.38. The normalized spacial score (nSPS) is 25.3. The van der Waals surface area contributed by atoms with Crippen molar-refractivity contribution in [2.75, 3.05) is 19.7 Å². The van der Waals surface area contributed by atoms with E-state index in [2.05, 4.69) is 47.6 Å². The third-order valence-corrected chi connectivity index (χ3v) is 5.88. The zero-order valence-corrected chi connectivity index (χ0v) is 19.5.